The number of nitriles is 1. The van der Waals surface area contributed by atoms with Crippen molar-refractivity contribution >= 4 is 6.08 Å². The molecule has 0 aliphatic heterocycles. The minimum Gasteiger partial charge on any atom is -0.211 e. The van der Waals surface area contributed by atoms with E-state index in [1.54, 1.807) is 6.07 Å². The first kappa shape index (κ1) is 10.2. The minimum atomic E-state index is -0.729. The Labute approximate surface area is 82.7 Å². The topological polar surface area (TPSA) is 53.2 Å². The van der Waals surface area contributed by atoms with Gasteiger partial charge in [-0.05, 0) is 30.5 Å². The second kappa shape index (κ2) is 4.36. The summed E-state index contributed by atoms with van der Waals surface area (Å²) in [5.41, 5.74) is 2.86. The summed E-state index contributed by atoms with van der Waals surface area (Å²) >= 11 is 0. The Morgan fingerprint density at radius 2 is 2.14 bits per heavy atom. The standard InChI is InChI=1S/C11H10N2O/c1-8-4-3-5-10(9(8)2)11(6-12)13-7-14/h3-5,11H,1-2H3. The number of hydrogen-bond acceptors (Lipinski definition) is 3. The lowest BCUT2D eigenvalue weighted by molar-refractivity contribution is 0.561. The van der Waals surface area contributed by atoms with Crippen molar-refractivity contribution in [2.24, 2.45) is 4.99 Å². The van der Waals surface area contributed by atoms with Gasteiger partial charge in [0.1, 0.15) is 0 Å². The van der Waals surface area contributed by atoms with Gasteiger partial charge in [-0.3, -0.25) is 0 Å². The number of aryl methyl sites for hydroxylation is 1. The summed E-state index contributed by atoms with van der Waals surface area (Å²) < 4.78 is 0. The second-order valence-electron chi connectivity index (χ2n) is 3.04. The Kier molecular flexibility index (Phi) is 3.17. The maximum Gasteiger partial charge on any atom is 0.236 e. The van der Waals surface area contributed by atoms with Gasteiger partial charge in [-0.25, -0.2) is 4.79 Å². The maximum atomic E-state index is 10.1. The Hall–Kier alpha value is -1.91. The fraction of sp³-hybridized carbons (Fsp3) is 0.273. The highest BCUT2D eigenvalue weighted by molar-refractivity contribution is 5.42. The lowest BCUT2D eigenvalue weighted by Crippen LogP contribution is -1.96. The lowest BCUT2D eigenvalue weighted by Gasteiger charge is -2.08. The zero-order valence-electron chi connectivity index (χ0n) is 8.11. The van der Waals surface area contributed by atoms with Gasteiger partial charge < -0.3 is 0 Å². The van der Waals surface area contributed by atoms with Crippen molar-refractivity contribution in [3.63, 3.8) is 0 Å². The fourth-order valence-electron chi connectivity index (χ4n) is 1.29. The number of benzene rings is 1. The Bertz CT molecular complexity index is 425. The first-order chi connectivity index (χ1) is 6.70. The van der Waals surface area contributed by atoms with Crippen molar-refractivity contribution < 1.29 is 4.79 Å². The van der Waals surface area contributed by atoms with E-state index in [2.05, 4.69) is 4.99 Å². The summed E-state index contributed by atoms with van der Waals surface area (Å²) in [6.07, 6.45) is 1.42. The summed E-state index contributed by atoms with van der Waals surface area (Å²) in [7, 11) is 0. The average Bonchev–Trinajstić information content (AvgIpc) is 2.19. The largest absolute Gasteiger partial charge is 0.236 e. The summed E-state index contributed by atoms with van der Waals surface area (Å²) in [5, 5.41) is 8.80. The highest BCUT2D eigenvalue weighted by Crippen LogP contribution is 2.22. The zero-order chi connectivity index (χ0) is 10.6. The van der Waals surface area contributed by atoms with Gasteiger partial charge in [0, 0.05) is 0 Å². The molecule has 0 aliphatic rings. The molecule has 0 heterocycles. The summed E-state index contributed by atoms with van der Waals surface area (Å²) in [5.74, 6) is 0. The third kappa shape index (κ3) is 1.87. The van der Waals surface area contributed by atoms with E-state index in [9.17, 15) is 4.79 Å². The van der Waals surface area contributed by atoms with Crippen LogP contribution in [0.3, 0.4) is 0 Å². The number of hydrogen-bond donors (Lipinski definition) is 0. The molecule has 3 heteroatoms. The highest BCUT2D eigenvalue weighted by Gasteiger charge is 2.11. The summed E-state index contributed by atoms with van der Waals surface area (Å²) in [6.45, 7) is 3.87. The second-order valence-corrected chi connectivity index (χ2v) is 3.04. The molecule has 0 saturated heterocycles. The third-order valence-corrected chi connectivity index (χ3v) is 2.25. The van der Waals surface area contributed by atoms with Gasteiger partial charge in [0.2, 0.25) is 6.08 Å². The molecule has 0 radical (unpaired) electrons. The number of rotatable bonds is 2. The maximum absolute atomic E-state index is 10.1. The van der Waals surface area contributed by atoms with Crippen LogP contribution < -0.4 is 0 Å². The predicted molar refractivity (Wildman–Crippen MR) is 52.4 cm³/mol. The molecule has 0 saturated carbocycles. The van der Waals surface area contributed by atoms with Crippen LogP contribution in [0.15, 0.2) is 23.2 Å². The van der Waals surface area contributed by atoms with Gasteiger partial charge in [0.25, 0.3) is 0 Å². The van der Waals surface area contributed by atoms with Crippen LogP contribution in [0.4, 0.5) is 0 Å². The molecule has 1 rings (SSSR count). The molecule has 1 unspecified atom stereocenters. The van der Waals surface area contributed by atoms with Crippen LogP contribution >= 0.6 is 0 Å². The SMILES string of the molecule is Cc1cccc(C(C#N)N=C=O)c1C. The number of nitrogens with zero attached hydrogens (tertiary/aromatic N) is 2. The molecule has 1 aromatic carbocycles. The molecular formula is C11H10N2O. The smallest absolute Gasteiger partial charge is 0.211 e. The monoisotopic (exact) mass is 186 g/mol. The number of aliphatic imine (C=N–C) groups is 1. The van der Waals surface area contributed by atoms with E-state index in [-0.39, 0.29) is 0 Å². The van der Waals surface area contributed by atoms with Crippen LogP contribution in [0.2, 0.25) is 0 Å². The molecule has 1 atom stereocenters. The van der Waals surface area contributed by atoms with E-state index in [0.29, 0.717) is 0 Å². The normalized spacial score (nSPS) is 11.2. The molecule has 14 heavy (non-hydrogen) atoms. The van der Waals surface area contributed by atoms with Crippen LogP contribution in [0.5, 0.6) is 0 Å². The fourth-order valence-corrected chi connectivity index (χ4v) is 1.29. The number of isocyanates is 1. The van der Waals surface area contributed by atoms with E-state index in [4.69, 9.17) is 5.26 Å². The molecule has 70 valence electrons. The lowest BCUT2D eigenvalue weighted by atomic mass is 9.99. The molecule has 0 spiro atoms. The Morgan fingerprint density at radius 1 is 1.43 bits per heavy atom. The Morgan fingerprint density at radius 3 is 2.71 bits per heavy atom. The molecule has 0 fully saturated rings. The van der Waals surface area contributed by atoms with Crippen molar-refractivity contribution in [1.29, 1.82) is 5.26 Å². The van der Waals surface area contributed by atoms with Crippen molar-refractivity contribution in [2.45, 2.75) is 19.9 Å². The van der Waals surface area contributed by atoms with Gasteiger partial charge >= 0.3 is 0 Å². The van der Waals surface area contributed by atoms with Crippen LogP contribution in [0.1, 0.15) is 22.7 Å². The van der Waals surface area contributed by atoms with Crippen molar-refractivity contribution in [3.05, 3.63) is 34.9 Å². The predicted octanol–water partition coefficient (Wildman–Crippen LogP) is 2.20. The molecule has 0 aliphatic carbocycles. The minimum absolute atomic E-state index is 0.729. The quantitative estimate of drug-likeness (QED) is 0.525. The summed E-state index contributed by atoms with van der Waals surface area (Å²) in [4.78, 5) is 13.5. The zero-order valence-corrected chi connectivity index (χ0v) is 8.11. The first-order valence-electron chi connectivity index (χ1n) is 4.23. The molecule has 0 N–H and O–H groups in total. The molecule has 0 aromatic heterocycles. The molecule has 0 bridgehead atoms. The van der Waals surface area contributed by atoms with Gasteiger partial charge in [0.05, 0.1) is 6.07 Å². The van der Waals surface area contributed by atoms with E-state index >= 15 is 0 Å². The van der Waals surface area contributed by atoms with Crippen molar-refractivity contribution in [1.82, 2.24) is 0 Å². The Balaban J connectivity index is 3.25. The van der Waals surface area contributed by atoms with E-state index in [1.165, 1.54) is 6.08 Å². The number of carbonyl (C=O) groups excluding carboxylic acids is 1. The highest BCUT2D eigenvalue weighted by atomic mass is 16.1. The van der Waals surface area contributed by atoms with Gasteiger partial charge in [-0.1, -0.05) is 18.2 Å². The van der Waals surface area contributed by atoms with E-state index in [1.807, 2.05) is 32.0 Å². The third-order valence-electron chi connectivity index (χ3n) is 2.25. The van der Waals surface area contributed by atoms with Gasteiger partial charge in [-0.2, -0.15) is 10.3 Å². The average molecular weight is 186 g/mol. The molecule has 0 amide bonds. The van der Waals surface area contributed by atoms with Gasteiger partial charge in [-0.15, -0.1) is 0 Å². The van der Waals surface area contributed by atoms with Crippen LogP contribution in [-0.4, -0.2) is 6.08 Å². The van der Waals surface area contributed by atoms with Crippen LogP contribution in [0, 0.1) is 25.2 Å². The van der Waals surface area contributed by atoms with E-state index < -0.39 is 6.04 Å². The van der Waals surface area contributed by atoms with E-state index in [0.717, 1.165) is 16.7 Å². The molecule has 1 aromatic rings. The van der Waals surface area contributed by atoms with Crippen molar-refractivity contribution in [2.75, 3.05) is 0 Å². The van der Waals surface area contributed by atoms with Crippen LogP contribution in [-0.2, 0) is 4.79 Å². The molecule has 3 nitrogen and oxygen atoms in total. The van der Waals surface area contributed by atoms with Crippen molar-refractivity contribution in [3.8, 4) is 6.07 Å². The first-order valence-corrected chi connectivity index (χ1v) is 4.23. The molecular weight excluding hydrogens is 176 g/mol. The van der Waals surface area contributed by atoms with Crippen LogP contribution in [0.25, 0.3) is 0 Å². The summed E-state index contributed by atoms with van der Waals surface area (Å²) in [6, 6.07) is 6.84. The van der Waals surface area contributed by atoms with Gasteiger partial charge in [0.15, 0.2) is 6.04 Å².